The number of nitrogens with zero attached hydrogens (tertiary/aromatic N) is 3. The molecule has 2 heterocycles. The summed E-state index contributed by atoms with van der Waals surface area (Å²) in [5, 5.41) is 7.30. The Morgan fingerprint density at radius 2 is 1.75 bits per heavy atom. The van der Waals surface area contributed by atoms with Crippen molar-refractivity contribution >= 4 is 16.9 Å². The Kier molecular flexibility index (Phi) is 3.54. The molecule has 2 aromatic carbocycles. The van der Waals surface area contributed by atoms with E-state index in [1.165, 1.54) is 5.56 Å². The number of para-hydroxylation sites is 2. The van der Waals surface area contributed by atoms with Crippen LogP contribution in [0.2, 0.25) is 0 Å². The molecule has 0 amide bonds. The molecule has 0 bridgehead atoms. The average Bonchev–Trinajstić information content (AvgIpc) is 3.14. The van der Waals surface area contributed by atoms with Gasteiger partial charge in [0, 0.05) is 12.7 Å². The number of hydrogen-bond acceptors (Lipinski definition) is 3. The van der Waals surface area contributed by atoms with Crippen molar-refractivity contribution in [2.45, 2.75) is 12.8 Å². The number of nitrogens with one attached hydrogen (secondary N) is 1. The second kappa shape index (κ2) is 5.85. The van der Waals surface area contributed by atoms with E-state index in [1.807, 2.05) is 31.3 Å². The summed E-state index contributed by atoms with van der Waals surface area (Å²) >= 11 is 0. The average molecular weight is 317 g/mol. The SMILES string of the molecule is Cn1c(-c2c(N)n[nH]c2CCc2ccccc2)nc2ccccc21. The van der Waals surface area contributed by atoms with E-state index in [0.29, 0.717) is 5.82 Å². The summed E-state index contributed by atoms with van der Waals surface area (Å²) in [4.78, 5) is 4.75. The molecule has 5 nitrogen and oxygen atoms in total. The van der Waals surface area contributed by atoms with Gasteiger partial charge in [0.15, 0.2) is 5.82 Å². The number of imidazole rings is 1. The Morgan fingerprint density at radius 1 is 1.00 bits per heavy atom. The number of fused-ring (bicyclic) bond motifs is 1. The van der Waals surface area contributed by atoms with E-state index in [1.54, 1.807) is 0 Å². The Bertz CT molecular complexity index is 982. The van der Waals surface area contributed by atoms with E-state index in [9.17, 15) is 0 Å². The minimum absolute atomic E-state index is 0.497. The van der Waals surface area contributed by atoms with E-state index < -0.39 is 0 Å². The summed E-state index contributed by atoms with van der Waals surface area (Å²) in [6.07, 6.45) is 1.77. The summed E-state index contributed by atoms with van der Waals surface area (Å²) in [6, 6.07) is 18.5. The lowest BCUT2D eigenvalue weighted by atomic mass is 10.1. The number of anilines is 1. The number of aromatic amines is 1. The fourth-order valence-corrected chi connectivity index (χ4v) is 3.11. The highest BCUT2D eigenvalue weighted by Crippen LogP contribution is 2.30. The van der Waals surface area contributed by atoms with Gasteiger partial charge in [0.2, 0.25) is 0 Å². The molecule has 5 heteroatoms. The molecule has 0 saturated carbocycles. The van der Waals surface area contributed by atoms with Crippen LogP contribution in [0.1, 0.15) is 11.3 Å². The van der Waals surface area contributed by atoms with Crippen molar-refractivity contribution in [2.24, 2.45) is 7.05 Å². The molecule has 3 N–H and O–H groups in total. The maximum absolute atomic E-state index is 6.14. The number of nitrogens with two attached hydrogens (primary N) is 1. The standard InChI is InChI=1S/C19H19N5/c1-24-16-10-6-5-9-14(16)21-19(24)17-15(22-23-18(17)20)12-11-13-7-3-2-4-8-13/h2-10H,11-12H2,1H3,(H3,20,22,23). The second-order valence-electron chi connectivity index (χ2n) is 5.93. The van der Waals surface area contributed by atoms with Gasteiger partial charge in [-0.3, -0.25) is 5.10 Å². The van der Waals surface area contributed by atoms with Crippen LogP contribution in [-0.2, 0) is 19.9 Å². The monoisotopic (exact) mass is 317 g/mol. The van der Waals surface area contributed by atoms with Crippen molar-refractivity contribution < 1.29 is 0 Å². The van der Waals surface area contributed by atoms with Gasteiger partial charge < -0.3 is 10.3 Å². The predicted octanol–water partition coefficient (Wildman–Crippen LogP) is 3.33. The highest BCUT2D eigenvalue weighted by Gasteiger charge is 2.19. The van der Waals surface area contributed by atoms with Crippen molar-refractivity contribution in [3.63, 3.8) is 0 Å². The lowest BCUT2D eigenvalue weighted by Crippen LogP contribution is -1.99. The number of benzene rings is 2. The quantitative estimate of drug-likeness (QED) is 0.606. The molecule has 0 aliphatic heterocycles. The lowest BCUT2D eigenvalue weighted by Gasteiger charge is -2.05. The van der Waals surface area contributed by atoms with Crippen LogP contribution in [0, 0.1) is 0 Å². The maximum atomic E-state index is 6.14. The fourth-order valence-electron chi connectivity index (χ4n) is 3.11. The first-order valence-electron chi connectivity index (χ1n) is 8.02. The van der Waals surface area contributed by atoms with Crippen LogP contribution in [0.3, 0.4) is 0 Å². The van der Waals surface area contributed by atoms with Crippen LogP contribution in [-0.4, -0.2) is 19.7 Å². The van der Waals surface area contributed by atoms with Crippen molar-refractivity contribution in [1.29, 1.82) is 0 Å². The smallest absolute Gasteiger partial charge is 0.156 e. The molecule has 24 heavy (non-hydrogen) atoms. The second-order valence-corrected chi connectivity index (χ2v) is 5.93. The fraction of sp³-hybridized carbons (Fsp3) is 0.158. The molecule has 4 rings (SSSR count). The van der Waals surface area contributed by atoms with Crippen LogP contribution >= 0.6 is 0 Å². The third-order valence-electron chi connectivity index (χ3n) is 4.39. The minimum Gasteiger partial charge on any atom is -0.382 e. The van der Waals surface area contributed by atoms with Crippen molar-refractivity contribution in [3.05, 3.63) is 65.9 Å². The minimum atomic E-state index is 0.497. The first-order chi connectivity index (χ1) is 11.7. The Labute approximate surface area is 140 Å². The third kappa shape index (κ3) is 2.44. The molecule has 4 aromatic rings. The first-order valence-corrected chi connectivity index (χ1v) is 8.02. The number of aryl methyl sites for hydroxylation is 3. The molecule has 2 aromatic heterocycles. The summed E-state index contributed by atoms with van der Waals surface area (Å²) < 4.78 is 2.07. The van der Waals surface area contributed by atoms with Gasteiger partial charge in [0.05, 0.1) is 16.6 Å². The van der Waals surface area contributed by atoms with E-state index in [-0.39, 0.29) is 0 Å². The highest BCUT2D eigenvalue weighted by molar-refractivity contribution is 5.83. The summed E-state index contributed by atoms with van der Waals surface area (Å²) in [6.45, 7) is 0. The van der Waals surface area contributed by atoms with E-state index in [2.05, 4.69) is 45.1 Å². The predicted molar refractivity (Wildman–Crippen MR) is 96.6 cm³/mol. The van der Waals surface area contributed by atoms with Crippen LogP contribution in [0.5, 0.6) is 0 Å². The molecule has 0 radical (unpaired) electrons. The number of hydrogen-bond donors (Lipinski definition) is 2. The van der Waals surface area contributed by atoms with Gasteiger partial charge in [0.25, 0.3) is 0 Å². The van der Waals surface area contributed by atoms with Crippen LogP contribution in [0.15, 0.2) is 54.6 Å². The summed E-state index contributed by atoms with van der Waals surface area (Å²) in [7, 11) is 2.01. The summed E-state index contributed by atoms with van der Waals surface area (Å²) in [5.41, 5.74) is 11.4. The Balaban J connectivity index is 1.72. The number of rotatable bonds is 4. The van der Waals surface area contributed by atoms with Crippen LogP contribution in [0.4, 0.5) is 5.82 Å². The van der Waals surface area contributed by atoms with Gasteiger partial charge in [-0.1, -0.05) is 42.5 Å². The Hall–Kier alpha value is -3.08. The molecule has 0 saturated heterocycles. The third-order valence-corrected chi connectivity index (χ3v) is 4.39. The number of aromatic nitrogens is 4. The molecule has 120 valence electrons. The van der Waals surface area contributed by atoms with Gasteiger partial charge in [-0.2, -0.15) is 5.10 Å². The van der Waals surface area contributed by atoms with Gasteiger partial charge in [-0.25, -0.2) is 4.98 Å². The van der Waals surface area contributed by atoms with Crippen LogP contribution in [0.25, 0.3) is 22.4 Å². The van der Waals surface area contributed by atoms with Gasteiger partial charge in [0.1, 0.15) is 5.82 Å². The first kappa shape index (κ1) is 14.5. The van der Waals surface area contributed by atoms with E-state index in [0.717, 1.165) is 41.0 Å². The topological polar surface area (TPSA) is 72.5 Å². The molecule has 0 atom stereocenters. The van der Waals surface area contributed by atoms with Gasteiger partial charge >= 0.3 is 0 Å². The van der Waals surface area contributed by atoms with Gasteiger partial charge in [-0.05, 0) is 30.5 Å². The normalized spacial score (nSPS) is 11.2. The molecule has 0 fully saturated rings. The van der Waals surface area contributed by atoms with Crippen LogP contribution < -0.4 is 5.73 Å². The number of nitrogen functional groups attached to an aromatic ring is 1. The zero-order valence-electron chi connectivity index (χ0n) is 13.5. The highest BCUT2D eigenvalue weighted by atomic mass is 15.2. The Morgan fingerprint density at radius 3 is 2.54 bits per heavy atom. The zero-order chi connectivity index (χ0) is 16.5. The molecular formula is C19H19N5. The largest absolute Gasteiger partial charge is 0.382 e. The molecule has 0 aliphatic carbocycles. The van der Waals surface area contributed by atoms with Crippen molar-refractivity contribution in [2.75, 3.05) is 5.73 Å². The molecule has 0 spiro atoms. The van der Waals surface area contributed by atoms with E-state index in [4.69, 9.17) is 10.7 Å². The maximum Gasteiger partial charge on any atom is 0.156 e. The molecule has 0 aliphatic rings. The van der Waals surface area contributed by atoms with Crippen molar-refractivity contribution in [1.82, 2.24) is 19.7 Å². The van der Waals surface area contributed by atoms with E-state index >= 15 is 0 Å². The number of H-pyrrole nitrogens is 1. The zero-order valence-corrected chi connectivity index (χ0v) is 13.5. The lowest BCUT2D eigenvalue weighted by molar-refractivity contribution is 0.888. The van der Waals surface area contributed by atoms with Gasteiger partial charge in [-0.15, -0.1) is 0 Å². The van der Waals surface area contributed by atoms with Crippen molar-refractivity contribution in [3.8, 4) is 11.4 Å². The molecule has 0 unspecified atom stereocenters. The molecular weight excluding hydrogens is 298 g/mol. The summed E-state index contributed by atoms with van der Waals surface area (Å²) in [5.74, 6) is 1.35.